The number of rotatable bonds is 7. The van der Waals surface area contributed by atoms with Crippen molar-refractivity contribution >= 4 is 5.91 Å². The summed E-state index contributed by atoms with van der Waals surface area (Å²) in [4.78, 5) is 12.2. The molecule has 0 heterocycles. The lowest BCUT2D eigenvalue weighted by atomic mass is 9.93. The molecule has 1 rings (SSSR count). The molecule has 3 heteroatoms. The van der Waals surface area contributed by atoms with Gasteiger partial charge in [0.05, 0.1) is 6.04 Å². The number of carbonyl (C=O) groups excluding carboxylic acids is 1. The standard InChI is InChI=1S/C18H30N2O/c1-12(2)15-7-9-16(10-8-15)17(13(3)4)20-18(21)14(5)11-19-6/h7-10,12-14,17,19H,11H2,1-6H3,(H,20,21). The number of benzene rings is 1. The molecule has 2 atom stereocenters. The number of carbonyl (C=O) groups is 1. The molecule has 0 bridgehead atoms. The summed E-state index contributed by atoms with van der Waals surface area (Å²) in [5.74, 6) is 0.976. The molecule has 1 aromatic carbocycles. The predicted octanol–water partition coefficient (Wildman–Crippen LogP) is 3.48. The number of amides is 1. The first-order valence-corrected chi connectivity index (χ1v) is 7.91. The Morgan fingerprint density at radius 3 is 1.95 bits per heavy atom. The molecule has 0 aliphatic heterocycles. The lowest BCUT2D eigenvalue weighted by Gasteiger charge is -2.25. The van der Waals surface area contributed by atoms with Gasteiger partial charge >= 0.3 is 0 Å². The van der Waals surface area contributed by atoms with Crippen LogP contribution < -0.4 is 10.6 Å². The van der Waals surface area contributed by atoms with Crippen molar-refractivity contribution in [3.63, 3.8) is 0 Å². The van der Waals surface area contributed by atoms with Crippen molar-refractivity contribution in [3.05, 3.63) is 35.4 Å². The second-order valence-corrected chi connectivity index (χ2v) is 6.51. The van der Waals surface area contributed by atoms with Gasteiger partial charge < -0.3 is 10.6 Å². The van der Waals surface area contributed by atoms with E-state index in [0.717, 1.165) is 0 Å². The summed E-state index contributed by atoms with van der Waals surface area (Å²) in [5, 5.41) is 6.24. The lowest BCUT2D eigenvalue weighted by Crippen LogP contribution is -2.38. The Labute approximate surface area is 129 Å². The van der Waals surface area contributed by atoms with E-state index in [2.05, 4.69) is 62.6 Å². The summed E-state index contributed by atoms with van der Waals surface area (Å²) in [7, 11) is 1.87. The van der Waals surface area contributed by atoms with Gasteiger partial charge in [-0.3, -0.25) is 4.79 Å². The zero-order chi connectivity index (χ0) is 16.0. The minimum atomic E-state index is -0.0220. The highest BCUT2D eigenvalue weighted by Crippen LogP contribution is 2.24. The van der Waals surface area contributed by atoms with Crippen molar-refractivity contribution in [3.8, 4) is 0 Å². The fourth-order valence-electron chi connectivity index (χ4n) is 2.42. The monoisotopic (exact) mass is 290 g/mol. The van der Waals surface area contributed by atoms with Crippen LogP contribution in [0.25, 0.3) is 0 Å². The van der Waals surface area contributed by atoms with Crippen LogP contribution in [0.3, 0.4) is 0 Å². The van der Waals surface area contributed by atoms with Crippen LogP contribution in [0.1, 0.15) is 57.7 Å². The Morgan fingerprint density at radius 2 is 1.52 bits per heavy atom. The molecule has 118 valence electrons. The van der Waals surface area contributed by atoms with Crippen LogP contribution in [0.4, 0.5) is 0 Å². The molecule has 3 nitrogen and oxygen atoms in total. The second-order valence-electron chi connectivity index (χ2n) is 6.51. The van der Waals surface area contributed by atoms with E-state index in [1.165, 1.54) is 11.1 Å². The van der Waals surface area contributed by atoms with Crippen LogP contribution >= 0.6 is 0 Å². The van der Waals surface area contributed by atoms with Gasteiger partial charge in [-0.25, -0.2) is 0 Å². The van der Waals surface area contributed by atoms with Gasteiger partial charge in [0, 0.05) is 12.5 Å². The Balaban J connectivity index is 2.84. The SMILES string of the molecule is CNCC(C)C(=O)NC(c1ccc(C(C)C)cc1)C(C)C. The molecule has 2 N–H and O–H groups in total. The molecule has 1 amide bonds. The van der Waals surface area contributed by atoms with Crippen LogP contribution in [0.5, 0.6) is 0 Å². The maximum absolute atomic E-state index is 12.2. The third-order valence-electron chi connectivity index (χ3n) is 3.88. The first kappa shape index (κ1) is 17.7. The topological polar surface area (TPSA) is 41.1 Å². The highest BCUT2D eigenvalue weighted by atomic mass is 16.1. The van der Waals surface area contributed by atoms with E-state index >= 15 is 0 Å². The Morgan fingerprint density at radius 1 is 1.00 bits per heavy atom. The van der Waals surface area contributed by atoms with E-state index in [-0.39, 0.29) is 17.9 Å². The summed E-state index contributed by atoms with van der Waals surface area (Å²) >= 11 is 0. The highest BCUT2D eigenvalue weighted by molar-refractivity contribution is 5.79. The minimum absolute atomic E-state index is 0.0220. The third kappa shape index (κ3) is 5.16. The van der Waals surface area contributed by atoms with Crippen molar-refractivity contribution in [2.45, 2.75) is 46.6 Å². The van der Waals surface area contributed by atoms with Crippen molar-refractivity contribution in [1.29, 1.82) is 0 Å². The molecule has 1 aromatic rings. The maximum Gasteiger partial charge on any atom is 0.224 e. The summed E-state index contributed by atoms with van der Waals surface area (Å²) in [6.45, 7) is 11.3. The molecule has 0 aliphatic rings. The largest absolute Gasteiger partial charge is 0.349 e. The van der Waals surface area contributed by atoms with Gasteiger partial charge in [0.1, 0.15) is 0 Å². The van der Waals surface area contributed by atoms with Crippen LogP contribution in [-0.2, 0) is 4.79 Å². The van der Waals surface area contributed by atoms with Crippen molar-refractivity contribution < 1.29 is 4.79 Å². The molecule has 0 aliphatic carbocycles. The maximum atomic E-state index is 12.2. The van der Waals surface area contributed by atoms with Gasteiger partial charge in [-0.1, -0.05) is 58.9 Å². The van der Waals surface area contributed by atoms with Gasteiger partial charge in [-0.15, -0.1) is 0 Å². The summed E-state index contributed by atoms with van der Waals surface area (Å²) in [6, 6.07) is 8.68. The number of hydrogen-bond acceptors (Lipinski definition) is 2. The van der Waals surface area contributed by atoms with E-state index in [0.29, 0.717) is 18.4 Å². The lowest BCUT2D eigenvalue weighted by molar-refractivity contribution is -0.125. The molecule has 0 spiro atoms. The fourth-order valence-corrected chi connectivity index (χ4v) is 2.42. The molecular weight excluding hydrogens is 260 g/mol. The molecule has 0 radical (unpaired) electrons. The van der Waals surface area contributed by atoms with Crippen molar-refractivity contribution in [2.24, 2.45) is 11.8 Å². The molecule has 2 unspecified atom stereocenters. The highest BCUT2D eigenvalue weighted by Gasteiger charge is 2.21. The Bertz CT molecular complexity index is 437. The van der Waals surface area contributed by atoms with Crippen LogP contribution in [0, 0.1) is 11.8 Å². The predicted molar refractivity (Wildman–Crippen MR) is 89.3 cm³/mol. The van der Waals surface area contributed by atoms with E-state index in [4.69, 9.17) is 0 Å². The van der Waals surface area contributed by atoms with Crippen molar-refractivity contribution in [1.82, 2.24) is 10.6 Å². The molecular formula is C18H30N2O. The van der Waals surface area contributed by atoms with E-state index in [1.807, 2.05) is 14.0 Å². The van der Waals surface area contributed by atoms with E-state index in [1.54, 1.807) is 0 Å². The Hall–Kier alpha value is -1.35. The van der Waals surface area contributed by atoms with E-state index < -0.39 is 0 Å². The zero-order valence-electron chi connectivity index (χ0n) is 14.2. The first-order chi connectivity index (χ1) is 9.86. The first-order valence-electron chi connectivity index (χ1n) is 7.91. The number of hydrogen-bond donors (Lipinski definition) is 2. The molecule has 0 saturated heterocycles. The van der Waals surface area contributed by atoms with Gasteiger partial charge in [-0.2, -0.15) is 0 Å². The normalized spacial score (nSPS) is 14.3. The quantitative estimate of drug-likeness (QED) is 0.807. The van der Waals surface area contributed by atoms with E-state index in [9.17, 15) is 4.79 Å². The van der Waals surface area contributed by atoms with Gasteiger partial charge in [-0.05, 0) is 30.0 Å². The van der Waals surface area contributed by atoms with Crippen LogP contribution in [0.2, 0.25) is 0 Å². The zero-order valence-corrected chi connectivity index (χ0v) is 14.2. The van der Waals surface area contributed by atoms with Crippen LogP contribution in [-0.4, -0.2) is 19.5 Å². The fraction of sp³-hybridized carbons (Fsp3) is 0.611. The molecule has 21 heavy (non-hydrogen) atoms. The second kappa shape index (κ2) is 8.18. The average Bonchev–Trinajstić information content (AvgIpc) is 2.44. The minimum Gasteiger partial charge on any atom is -0.349 e. The summed E-state index contributed by atoms with van der Waals surface area (Å²) in [5.41, 5.74) is 2.51. The Kier molecular flexibility index (Phi) is 6.90. The van der Waals surface area contributed by atoms with Crippen LogP contribution in [0.15, 0.2) is 24.3 Å². The van der Waals surface area contributed by atoms with Gasteiger partial charge in [0.15, 0.2) is 0 Å². The smallest absolute Gasteiger partial charge is 0.224 e. The summed E-state index contributed by atoms with van der Waals surface area (Å²) in [6.07, 6.45) is 0. The molecule has 0 saturated carbocycles. The summed E-state index contributed by atoms with van der Waals surface area (Å²) < 4.78 is 0. The number of nitrogens with one attached hydrogen (secondary N) is 2. The van der Waals surface area contributed by atoms with Crippen molar-refractivity contribution in [2.75, 3.05) is 13.6 Å². The third-order valence-corrected chi connectivity index (χ3v) is 3.88. The van der Waals surface area contributed by atoms with Gasteiger partial charge in [0.25, 0.3) is 0 Å². The molecule has 0 aromatic heterocycles. The average molecular weight is 290 g/mol. The van der Waals surface area contributed by atoms with Gasteiger partial charge in [0.2, 0.25) is 5.91 Å². The molecule has 0 fully saturated rings.